The second kappa shape index (κ2) is 11.7. The maximum atomic E-state index is 13.0. The van der Waals surface area contributed by atoms with Crippen molar-refractivity contribution in [3.8, 4) is 11.5 Å². The van der Waals surface area contributed by atoms with Crippen LogP contribution in [0, 0.1) is 0 Å². The quantitative estimate of drug-likeness (QED) is 0.224. The van der Waals surface area contributed by atoms with Crippen LogP contribution in [0.25, 0.3) is 0 Å². The van der Waals surface area contributed by atoms with Crippen molar-refractivity contribution in [3.05, 3.63) is 113 Å². The molecule has 1 unspecified atom stereocenters. The molecule has 40 heavy (non-hydrogen) atoms. The second-order valence-corrected chi connectivity index (χ2v) is 10.0. The molecule has 1 heterocycles. The van der Waals surface area contributed by atoms with E-state index in [1.807, 2.05) is 126 Å². The molecule has 7 nitrogen and oxygen atoms in total. The Kier molecular flexibility index (Phi) is 7.94. The van der Waals surface area contributed by atoms with Gasteiger partial charge in [0.25, 0.3) is 0 Å². The van der Waals surface area contributed by atoms with Gasteiger partial charge in [-0.25, -0.2) is 5.01 Å². The summed E-state index contributed by atoms with van der Waals surface area (Å²) in [5.41, 5.74) is 4.43. The lowest BCUT2D eigenvalue weighted by Gasteiger charge is -2.33. The van der Waals surface area contributed by atoms with E-state index in [-0.39, 0.29) is 12.4 Å². The van der Waals surface area contributed by atoms with Gasteiger partial charge in [0.05, 0.1) is 12.8 Å². The SMILES string of the molecule is COc1cccc(C2N(c3ccccc3)N=C(C(C)=O)N2c2ccc(N(C)C)cc2)c1OCc1cccc(Cl)c1. The van der Waals surface area contributed by atoms with Gasteiger partial charge in [-0.2, -0.15) is 0 Å². The summed E-state index contributed by atoms with van der Waals surface area (Å²) in [5, 5.41) is 7.36. The average molecular weight is 555 g/mol. The first-order chi connectivity index (χ1) is 19.4. The number of ether oxygens (including phenoxy) is 2. The standard InChI is InChI=1S/C32H31ClN4O3/c1-22(38)31-34-37(27-12-6-5-7-13-27)32(36(31)26-18-16-25(17-19-26)35(2)3)28-14-9-15-29(39-4)30(28)40-21-23-10-8-11-24(33)20-23/h5-20,32H,21H2,1-4H3. The van der Waals surface area contributed by atoms with E-state index in [1.54, 1.807) is 7.11 Å². The number of hydrazone groups is 1. The molecule has 204 valence electrons. The number of hydrogen-bond donors (Lipinski definition) is 0. The summed E-state index contributed by atoms with van der Waals surface area (Å²) in [6.45, 7) is 1.82. The van der Waals surface area contributed by atoms with Crippen LogP contribution in [0.3, 0.4) is 0 Å². The lowest BCUT2D eigenvalue weighted by atomic mass is 10.1. The molecule has 0 spiro atoms. The summed E-state index contributed by atoms with van der Waals surface area (Å²) in [4.78, 5) is 17.0. The Labute approximate surface area is 239 Å². The van der Waals surface area contributed by atoms with Crippen LogP contribution in [0.15, 0.2) is 102 Å². The van der Waals surface area contributed by atoms with E-state index in [0.717, 1.165) is 28.2 Å². The van der Waals surface area contributed by atoms with Gasteiger partial charge in [-0.15, -0.1) is 5.10 Å². The van der Waals surface area contributed by atoms with Crippen molar-refractivity contribution in [2.45, 2.75) is 19.7 Å². The Bertz CT molecular complexity index is 1520. The number of methoxy groups -OCH3 is 1. The van der Waals surface area contributed by atoms with E-state index < -0.39 is 6.17 Å². The number of Topliss-reactive ketones (excluding diaryl/α,β-unsaturated/α-hetero) is 1. The number of anilines is 3. The monoisotopic (exact) mass is 554 g/mol. The molecule has 1 aliphatic heterocycles. The molecule has 0 fully saturated rings. The molecule has 0 bridgehead atoms. The molecule has 4 aromatic carbocycles. The summed E-state index contributed by atoms with van der Waals surface area (Å²) in [6, 6.07) is 31.2. The number of carbonyl (C=O) groups is 1. The zero-order chi connectivity index (χ0) is 28.2. The predicted octanol–water partition coefficient (Wildman–Crippen LogP) is 6.92. The van der Waals surface area contributed by atoms with Crippen molar-refractivity contribution in [1.82, 2.24) is 0 Å². The number of amidine groups is 1. The molecule has 0 saturated carbocycles. The molecule has 0 aromatic heterocycles. The number of carbonyl (C=O) groups excluding carboxylic acids is 1. The molecule has 0 N–H and O–H groups in total. The van der Waals surface area contributed by atoms with Gasteiger partial charge in [-0.1, -0.05) is 54.1 Å². The van der Waals surface area contributed by atoms with Gasteiger partial charge in [0.2, 0.25) is 0 Å². The molecule has 1 aliphatic rings. The highest BCUT2D eigenvalue weighted by Gasteiger charge is 2.41. The second-order valence-electron chi connectivity index (χ2n) is 9.61. The fourth-order valence-corrected chi connectivity index (χ4v) is 4.94. The van der Waals surface area contributed by atoms with E-state index in [2.05, 4.69) is 0 Å². The van der Waals surface area contributed by atoms with Crippen LogP contribution in [-0.4, -0.2) is 32.8 Å². The fourth-order valence-electron chi connectivity index (χ4n) is 4.73. The minimum absolute atomic E-state index is 0.149. The van der Waals surface area contributed by atoms with Crippen LogP contribution >= 0.6 is 11.6 Å². The lowest BCUT2D eigenvalue weighted by molar-refractivity contribution is -0.111. The summed E-state index contributed by atoms with van der Waals surface area (Å²) in [6.07, 6.45) is -0.532. The van der Waals surface area contributed by atoms with E-state index >= 15 is 0 Å². The van der Waals surface area contributed by atoms with Crippen LogP contribution in [0.4, 0.5) is 17.1 Å². The van der Waals surface area contributed by atoms with Crippen molar-refractivity contribution in [1.29, 1.82) is 0 Å². The van der Waals surface area contributed by atoms with E-state index in [1.165, 1.54) is 6.92 Å². The zero-order valence-electron chi connectivity index (χ0n) is 22.9. The van der Waals surface area contributed by atoms with E-state index in [0.29, 0.717) is 22.4 Å². The molecule has 5 rings (SSSR count). The van der Waals surface area contributed by atoms with Crippen molar-refractivity contribution >= 4 is 40.3 Å². The molecule has 0 radical (unpaired) electrons. The number of benzene rings is 4. The Balaban J connectivity index is 1.66. The summed E-state index contributed by atoms with van der Waals surface area (Å²) < 4.78 is 12.2. The highest BCUT2D eigenvalue weighted by Crippen LogP contribution is 2.45. The fraction of sp³-hybridized carbons (Fsp3) is 0.188. The number of halogens is 1. The maximum Gasteiger partial charge on any atom is 0.198 e. The highest BCUT2D eigenvalue weighted by atomic mass is 35.5. The summed E-state index contributed by atoms with van der Waals surface area (Å²) >= 11 is 6.23. The van der Waals surface area contributed by atoms with Crippen molar-refractivity contribution in [3.63, 3.8) is 0 Å². The van der Waals surface area contributed by atoms with Gasteiger partial charge < -0.3 is 14.4 Å². The first kappa shape index (κ1) is 27.1. The third-order valence-electron chi connectivity index (χ3n) is 6.67. The van der Waals surface area contributed by atoms with Gasteiger partial charge in [-0.3, -0.25) is 9.69 Å². The molecular formula is C32H31ClN4O3. The third-order valence-corrected chi connectivity index (χ3v) is 6.90. The van der Waals surface area contributed by atoms with Crippen molar-refractivity contribution < 1.29 is 14.3 Å². The number of ketones is 1. The molecule has 1 atom stereocenters. The Morgan fingerprint density at radius 3 is 2.30 bits per heavy atom. The van der Waals surface area contributed by atoms with Gasteiger partial charge in [-0.05, 0) is 60.2 Å². The van der Waals surface area contributed by atoms with Crippen LogP contribution in [0.1, 0.15) is 24.2 Å². The molecule has 4 aromatic rings. The molecule has 8 heteroatoms. The normalized spacial score (nSPS) is 14.6. The van der Waals surface area contributed by atoms with E-state index in [9.17, 15) is 4.79 Å². The highest BCUT2D eigenvalue weighted by molar-refractivity contribution is 6.44. The number of hydrogen-bond acceptors (Lipinski definition) is 7. The van der Waals surface area contributed by atoms with Gasteiger partial charge in [0, 0.05) is 43.0 Å². The Morgan fingerprint density at radius 1 is 0.925 bits per heavy atom. The maximum absolute atomic E-state index is 13.0. The van der Waals surface area contributed by atoms with E-state index in [4.69, 9.17) is 26.2 Å². The molecule has 0 aliphatic carbocycles. The van der Waals surface area contributed by atoms with Crippen LogP contribution in [-0.2, 0) is 11.4 Å². The first-order valence-corrected chi connectivity index (χ1v) is 13.3. The molecular weight excluding hydrogens is 524 g/mol. The summed E-state index contributed by atoms with van der Waals surface area (Å²) in [7, 11) is 5.60. The Hall–Kier alpha value is -4.49. The first-order valence-electron chi connectivity index (χ1n) is 12.9. The van der Waals surface area contributed by atoms with Crippen LogP contribution < -0.4 is 24.3 Å². The van der Waals surface area contributed by atoms with Crippen LogP contribution in [0.5, 0.6) is 11.5 Å². The lowest BCUT2D eigenvalue weighted by Crippen LogP contribution is -2.38. The number of rotatable bonds is 9. The minimum Gasteiger partial charge on any atom is -0.493 e. The van der Waals surface area contributed by atoms with Gasteiger partial charge >= 0.3 is 0 Å². The number of para-hydroxylation sites is 2. The van der Waals surface area contributed by atoms with Crippen LogP contribution in [0.2, 0.25) is 5.02 Å². The zero-order valence-corrected chi connectivity index (χ0v) is 23.7. The van der Waals surface area contributed by atoms with Crippen molar-refractivity contribution in [2.75, 3.05) is 36.0 Å². The minimum atomic E-state index is -0.532. The summed E-state index contributed by atoms with van der Waals surface area (Å²) in [5.74, 6) is 1.32. The average Bonchev–Trinajstić information content (AvgIpc) is 3.37. The van der Waals surface area contributed by atoms with Gasteiger partial charge in [0.15, 0.2) is 29.3 Å². The van der Waals surface area contributed by atoms with Gasteiger partial charge in [0.1, 0.15) is 6.61 Å². The largest absolute Gasteiger partial charge is 0.493 e. The van der Waals surface area contributed by atoms with Crippen molar-refractivity contribution in [2.24, 2.45) is 5.10 Å². The smallest absolute Gasteiger partial charge is 0.198 e. The Morgan fingerprint density at radius 2 is 1.65 bits per heavy atom. The number of nitrogens with zero attached hydrogens (tertiary/aromatic N) is 4. The molecule has 0 amide bonds. The predicted molar refractivity (Wildman–Crippen MR) is 162 cm³/mol. The molecule has 0 saturated heterocycles. The third kappa shape index (κ3) is 5.46. The topological polar surface area (TPSA) is 57.6 Å².